The second-order valence-corrected chi connectivity index (χ2v) is 5.65. The molecule has 5 nitrogen and oxygen atoms in total. The molecule has 0 spiro atoms. The molecule has 19 heavy (non-hydrogen) atoms. The van der Waals surface area contributed by atoms with Crippen molar-refractivity contribution in [3.63, 3.8) is 0 Å². The van der Waals surface area contributed by atoms with Crippen molar-refractivity contribution >= 4 is 11.6 Å². The summed E-state index contributed by atoms with van der Waals surface area (Å²) in [4.78, 5) is 9.15. The van der Waals surface area contributed by atoms with Crippen molar-refractivity contribution in [3.05, 3.63) is 11.9 Å². The number of anilines is 2. The molecule has 2 fully saturated rings. The third kappa shape index (κ3) is 2.81. The maximum Gasteiger partial charge on any atom is 0.136 e. The normalized spacial score (nSPS) is 26.4. The predicted molar refractivity (Wildman–Crippen MR) is 75.4 cm³/mol. The first kappa shape index (κ1) is 12.7. The van der Waals surface area contributed by atoms with Crippen molar-refractivity contribution < 1.29 is 5.11 Å². The minimum Gasteiger partial charge on any atom is -0.396 e. The van der Waals surface area contributed by atoms with Gasteiger partial charge in [0.2, 0.25) is 0 Å². The summed E-state index contributed by atoms with van der Waals surface area (Å²) in [5, 5.41) is 16.0. The Morgan fingerprint density at radius 3 is 2.68 bits per heavy atom. The number of rotatable bonds is 5. The summed E-state index contributed by atoms with van der Waals surface area (Å²) in [6.07, 6.45) is 5.81. The number of nitrogens with one attached hydrogen (secondary N) is 2. The standard InChI is InChI=1S/C14H22N4O/c1-15-12-7-13(18-14(17-12)9-5-6-9)16-11-4-2-3-10(11)8-19/h7,9-11,19H,2-6,8H2,1H3,(H2,15,16,17,18). The van der Waals surface area contributed by atoms with Gasteiger partial charge in [-0.1, -0.05) is 6.42 Å². The molecule has 0 radical (unpaired) electrons. The molecule has 2 aliphatic rings. The summed E-state index contributed by atoms with van der Waals surface area (Å²) in [6, 6.07) is 2.30. The monoisotopic (exact) mass is 262 g/mol. The highest BCUT2D eigenvalue weighted by atomic mass is 16.3. The summed E-state index contributed by atoms with van der Waals surface area (Å²) >= 11 is 0. The smallest absolute Gasteiger partial charge is 0.136 e. The van der Waals surface area contributed by atoms with Gasteiger partial charge in [-0.05, 0) is 25.7 Å². The summed E-state index contributed by atoms with van der Waals surface area (Å²) in [6.45, 7) is 0.261. The zero-order valence-corrected chi connectivity index (χ0v) is 11.4. The number of hydrogen-bond donors (Lipinski definition) is 3. The Labute approximate surface area is 113 Å². The van der Waals surface area contributed by atoms with E-state index in [1.54, 1.807) is 0 Å². The second-order valence-electron chi connectivity index (χ2n) is 5.65. The van der Waals surface area contributed by atoms with Gasteiger partial charge >= 0.3 is 0 Å². The molecule has 2 atom stereocenters. The van der Waals surface area contributed by atoms with Crippen molar-refractivity contribution in [2.45, 2.75) is 44.1 Å². The van der Waals surface area contributed by atoms with E-state index >= 15 is 0 Å². The lowest BCUT2D eigenvalue weighted by Crippen LogP contribution is -2.27. The van der Waals surface area contributed by atoms with Crippen LogP contribution in [0.2, 0.25) is 0 Å². The highest BCUT2D eigenvalue weighted by Gasteiger charge is 2.29. The molecular formula is C14H22N4O. The van der Waals surface area contributed by atoms with Crippen molar-refractivity contribution in [1.82, 2.24) is 9.97 Å². The van der Waals surface area contributed by atoms with Crippen molar-refractivity contribution in [2.24, 2.45) is 5.92 Å². The van der Waals surface area contributed by atoms with Crippen LogP contribution in [0, 0.1) is 5.92 Å². The van der Waals surface area contributed by atoms with E-state index in [1.165, 1.54) is 19.3 Å². The predicted octanol–water partition coefficient (Wildman–Crippen LogP) is 1.97. The van der Waals surface area contributed by atoms with Crippen LogP contribution in [-0.2, 0) is 0 Å². The van der Waals surface area contributed by atoms with Crippen LogP contribution in [0.5, 0.6) is 0 Å². The SMILES string of the molecule is CNc1cc(NC2CCCC2CO)nc(C2CC2)n1. The van der Waals surface area contributed by atoms with E-state index in [1.807, 2.05) is 13.1 Å². The van der Waals surface area contributed by atoms with Crippen LogP contribution in [0.15, 0.2) is 6.07 Å². The van der Waals surface area contributed by atoms with Gasteiger partial charge in [-0.2, -0.15) is 0 Å². The van der Waals surface area contributed by atoms with Gasteiger partial charge in [-0.3, -0.25) is 0 Å². The third-order valence-electron chi connectivity index (χ3n) is 4.17. The molecule has 2 saturated carbocycles. The van der Waals surface area contributed by atoms with E-state index in [2.05, 4.69) is 20.6 Å². The van der Waals surface area contributed by atoms with E-state index in [0.29, 0.717) is 17.9 Å². The van der Waals surface area contributed by atoms with Gasteiger partial charge < -0.3 is 15.7 Å². The first-order valence-electron chi connectivity index (χ1n) is 7.24. The molecule has 0 aliphatic heterocycles. The first-order valence-corrected chi connectivity index (χ1v) is 7.24. The second kappa shape index (κ2) is 5.33. The Balaban J connectivity index is 1.77. The molecule has 0 amide bonds. The Hall–Kier alpha value is -1.36. The summed E-state index contributed by atoms with van der Waals surface area (Å²) in [5.41, 5.74) is 0. The van der Waals surface area contributed by atoms with Gasteiger partial charge in [0.05, 0.1) is 0 Å². The van der Waals surface area contributed by atoms with Gasteiger partial charge in [-0.25, -0.2) is 9.97 Å². The number of aliphatic hydroxyl groups excluding tert-OH is 1. The zero-order valence-electron chi connectivity index (χ0n) is 11.4. The molecule has 0 bridgehead atoms. The fourth-order valence-corrected chi connectivity index (χ4v) is 2.83. The zero-order chi connectivity index (χ0) is 13.2. The Bertz CT molecular complexity index is 447. The number of hydrogen-bond acceptors (Lipinski definition) is 5. The molecule has 1 aromatic rings. The number of nitrogens with zero attached hydrogens (tertiary/aromatic N) is 2. The minimum atomic E-state index is 0.261. The Kier molecular flexibility index (Phi) is 3.55. The molecule has 3 rings (SSSR count). The van der Waals surface area contributed by atoms with Crippen molar-refractivity contribution in [3.8, 4) is 0 Å². The molecule has 104 valence electrons. The molecule has 1 heterocycles. The largest absolute Gasteiger partial charge is 0.396 e. The van der Waals surface area contributed by atoms with Gasteiger partial charge in [0.25, 0.3) is 0 Å². The lowest BCUT2D eigenvalue weighted by atomic mass is 10.1. The van der Waals surface area contributed by atoms with Crippen LogP contribution in [0.1, 0.15) is 43.8 Å². The summed E-state index contributed by atoms with van der Waals surface area (Å²) < 4.78 is 0. The topological polar surface area (TPSA) is 70.1 Å². The Morgan fingerprint density at radius 2 is 2.00 bits per heavy atom. The number of aliphatic hydroxyl groups is 1. The average molecular weight is 262 g/mol. The molecular weight excluding hydrogens is 240 g/mol. The summed E-state index contributed by atoms with van der Waals surface area (Å²) in [7, 11) is 1.88. The molecule has 2 aliphatic carbocycles. The molecule has 3 N–H and O–H groups in total. The van der Waals surface area contributed by atoms with E-state index in [9.17, 15) is 5.11 Å². The molecule has 5 heteroatoms. The quantitative estimate of drug-likeness (QED) is 0.757. The lowest BCUT2D eigenvalue weighted by molar-refractivity contribution is 0.222. The maximum atomic E-state index is 9.38. The van der Waals surface area contributed by atoms with Gasteiger partial charge in [0, 0.05) is 37.6 Å². The van der Waals surface area contributed by atoms with Crippen molar-refractivity contribution in [1.29, 1.82) is 0 Å². The van der Waals surface area contributed by atoms with Gasteiger partial charge in [-0.15, -0.1) is 0 Å². The van der Waals surface area contributed by atoms with Crippen LogP contribution in [0.3, 0.4) is 0 Å². The number of aromatic nitrogens is 2. The molecule has 0 saturated heterocycles. The van der Waals surface area contributed by atoms with Crippen molar-refractivity contribution in [2.75, 3.05) is 24.3 Å². The molecule has 1 aromatic heterocycles. The maximum absolute atomic E-state index is 9.38. The fourth-order valence-electron chi connectivity index (χ4n) is 2.83. The van der Waals surface area contributed by atoms with Crippen LogP contribution in [-0.4, -0.2) is 34.8 Å². The van der Waals surface area contributed by atoms with E-state index < -0.39 is 0 Å². The summed E-state index contributed by atoms with van der Waals surface area (Å²) in [5.74, 6) is 3.63. The van der Waals surface area contributed by atoms with E-state index in [0.717, 1.165) is 30.3 Å². The molecule has 0 aromatic carbocycles. The van der Waals surface area contributed by atoms with Gasteiger partial charge in [0.15, 0.2) is 0 Å². The third-order valence-corrected chi connectivity index (χ3v) is 4.17. The van der Waals surface area contributed by atoms with Gasteiger partial charge in [0.1, 0.15) is 17.5 Å². The molecule has 2 unspecified atom stereocenters. The van der Waals surface area contributed by atoms with Crippen LogP contribution in [0.25, 0.3) is 0 Å². The fraction of sp³-hybridized carbons (Fsp3) is 0.714. The highest BCUT2D eigenvalue weighted by molar-refractivity contribution is 5.48. The van der Waals surface area contributed by atoms with Crippen LogP contribution >= 0.6 is 0 Å². The van der Waals surface area contributed by atoms with Crippen LogP contribution < -0.4 is 10.6 Å². The van der Waals surface area contributed by atoms with E-state index in [4.69, 9.17) is 0 Å². The lowest BCUT2D eigenvalue weighted by Gasteiger charge is -2.20. The van der Waals surface area contributed by atoms with E-state index in [-0.39, 0.29) is 6.61 Å². The highest BCUT2D eigenvalue weighted by Crippen LogP contribution is 2.39. The Morgan fingerprint density at radius 1 is 1.21 bits per heavy atom. The average Bonchev–Trinajstić information content (AvgIpc) is 3.19. The minimum absolute atomic E-state index is 0.261. The van der Waals surface area contributed by atoms with Crippen LogP contribution in [0.4, 0.5) is 11.6 Å². The first-order chi connectivity index (χ1) is 9.30.